The van der Waals surface area contributed by atoms with Crippen molar-refractivity contribution in [3.8, 4) is 28.4 Å². The number of carbonyl (C=O) groups is 1. The van der Waals surface area contributed by atoms with Crippen LogP contribution in [0.4, 0.5) is 4.39 Å². The topological polar surface area (TPSA) is 85.2 Å². The van der Waals surface area contributed by atoms with Gasteiger partial charge in [-0.2, -0.15) is 0 Å². The normalized spacial score (nSPS) is 16.8. The summed E-state index contributed by atoms with van der Waals surface area (Å²) in [7, 11) is 1.53. The lowest BCUT2D eigenvalue weighted by molar-refractivity contribution is -0.145. The molecule has 3 atom stereocenters. The molecule has 7 heteroatoms. The van der Waals surface area contributed by atoms with Gasteiger partial charge in [0.15, 0.2) is 17.6 Å². The van der Waals surface area contributed by atoms with E-state index in [2.05, 4.69) is 0 Å². The summed E-state index contributed by atoms with van der Waals surface area (Å²) >= 11 is 0. The molecule has 3 aromatic carbocycles. The Hall–Kier alpha value is -3.58. The molecule has 6 nitrogen and oxygen atoms in total. The van der Waals surface area contributed by atoms with Gasteiger partial charge in [-0.3, -0.25) is 4.79 Å². The Labute approximate surface area is 184 Å². The summed E-state index contributed by atoms with van der Waals surface area (Å²) in [5.74, 6) is -0.864. The van der Waals surface area contributed by atoms with Crippen molar-refractivity contribution >= 4 is 5.97 Å². The molecule has 1 unspecified atom stereocenters. The maximum absolute atomic E-state index is 14.3. The lowest BCUT2D eigenvalue weighted by atomic mass is 9.97. The summed E-state index contributed by atoms with van der Waals surface area (Å²) in [6.07, 6.45) is -1.57. The third kappa shape index (κ3) is 4.24. The molecule has 3 aromatic rings. The number of methoxy groups -OCH3 is 1. The minimum absolute atomic E-state index is 0.285. The number of halogens is 1. The number of ether oxygens (including phenoxy) is 3. The molecule has 2 N–H and O–H groups in total. The van der Waals surface area contributed by atoms with Crippen LogP contribution in [-0.2, 0) is 4.79 Å². The van der Waals surface area contributed by atoms with Gasteiger partial charge in [-0.15, -0.1) is 0 Å². The van der Waals surface area contributed by atoms with Gasteiger partial charge in [-0.1, -0.05) is 30.3 Å². The van der Waals surface area contributed by atoms with Crippen LogP contribution in [0.15, 0.2) is 60.7 Å². The molecule has 4 rings (SSSR count). The fourth-order valence-corrected chi connectivity index (χ4v) is 3.59. The lowest BCUT2D eigenvalue weighted by Crippen LogP contribution is -2.22. The summed E-state index contributed by atoms with van der Waals surface area (Å²) in [6.45, 7) is 1.73. The van der Waals surface area contributed by atoms with E-state index in [9.17, 15) is 14.3 Å². The van der Waals surface area contributed by atoms with Crippen molar-refractivity contribution in [2.24, 2.45) is 5.92 Å². The van der Waals surface area contributed by atoms with Gasteiger partial charge in [0.25, 0.3) is 0 Å². The molecular weight excluding hydrogens is 415 g/mol. The number of aliphatic hydroxyl groups is 1. The van der Waals surface area contributed by atoms with Crippen LogP contribution in [0.25, 0.3) is 11.1 Å². The summed E-state index contributed by atoms with van der Waals surface area (Å²) in [4.78, 5) is 11.2. The third-order valence-electron chi connectivity index (χ3n) is 5.60. The standard InChI is InChI=1S/C25H23FO6/c1-14(25(28)29)24(27)17-7-10-21-22(11-17)32-23(13-31-21)16-5-3-15(4-6-16)19-12-18(30-2)8-9-20(19)26/h3-12,14,23-24,27H,13H2,1-2H3,(H,28,29)/t14-,23?,24+/m0/s1. The van der Waals surface area contributed by atoms with E-state index < -0.39 is 24.1 Å². The van der Waals surface area contributed by atoms with Gasteiger partial charge in [-0.05, 0) is 53.9 Å². The Balaban J connectivity index is 1.55. The van der Waals surface area contributed by atoms with Crippen molar-refractivity contribution in [1.29, 1.82) is 0 Å². The highest BCUT2D eigenvalue weighted by Crippen LogP contribution is 2.39. The van der Waals surface area contributed by atoms with E-state index in [0.717, 1.165) is 5.56 Å². The van der Waals surface area contributed by atoms with Crippen molar-refractivity contribution in [2.75, 3.05) is 13.7 Å². The Morgan fingerprint density at radius 2 is 1.84 bits per heavy atom. The minimum atomic E-state index is -1.17. The zero-order valence-corrected chi connectivity index (χ0v) is 17.6. The van der Waals surface area contributed by atoms with E-state index in [1.54, 1.807) is 42.5 Å². The van der Waals surface area contributed by atoms with Crippen molar-refractivity contribution in [3.05, 3.63) is 77.6 Å². The Morgan fingerprint density at radius 1 is 1.09 bits per heavy atom. The molecule has 166 valence electrons. The quantitative estimate of drug-likeness (QED) is 0.577. The predicted molar refractivity (Wildman–Crippen MR) is 115 cm³/mol. The highest BCUT2D eigenvalue weighted by molar-refractivity contribution is 5.70. The maximum Gasteiger partial charge on any atom is 0.309 e. The minimum Gasteiger partial charge on any atom is -0.497 e. The predicted octanol–water partition coefficient (Wildman–Crippen LogP) is 4.77. The van der Waals surface area contributed by atoms with Crippen LogP contribution in [0.5, 0.6) is 17.2 Å². The van der Waals surface area contributed by atoms with Crippen molar-refractivity contribution in [3.63, 3.8) is 0 Å². The number of carboxylic acids is 1. The summed E-state index contributed by atoms with van der Waals surface area (Å²) in [5, 5.41) is 19.5. The number of hydrogen-bond acceptors (Lipinski definition) is 5. The largest absolute Gasteiger partial charge is 0.497 e. The zero-order valence-electron chi connectivity index (χ0n) is 17.6. The third-order valence-corrected chi connectivity index (χ3v) is 5.60. The molecule has 32 heavy (non-hydrogen) atoms. The fraction of sp³-hybridized carbons (Fsp3) is 0.240. The van der Waals surface area contributed by atoms with E-state index >= 15 is 0 Å². The van der Waals surface area contributed by atoms with Gasteiger partial charge in [-0.25, -0.2) is 4.39 Å². The van der Waals surface area contributed by atoms with Gasteiger partial charge < -0.3 is 24.4 Å². The van der Waals surface area contributed by atoms with E-state index in [-0.39, 0.29) is 12.4 Å². The second-order valence-electron chi connectivity index (χ2n) is 7.66. The molecule has 0 fully saturated rings. The van der Waals surface area contributed by atoms with Crippen molar-refractivity contribution in [2.45, 2.75) is 19.1 Å². The molecule has 0 radical (unpaired) electrons. The van der Waals surface area contributed by atoms with E-state index in [1.807, 2.05) is 12.1 Å². The number of benzene rings is 3. The second-order valence-corrected chi connectivity index (χ2v) is 7.66. The molecule has 0 aromatic heterocycles. The molecule has 0 spiro atoms. The molecular formula is C25H23FO6. The second kappa shape index (κ2) is 8.88. The van der Waals surface area contributed by atoms with Crippen LogP contribution in [0.2, 0.25) is 0 Å². The molecule has 1 aliphatic heterocycles. The van der Waals surface area contributed by atoms with E-state index in [0.29, 0.717) is 33.9 Å². The number of hydrogen-bond donors (Lipinski definition) is 2. The molecule has 1 heterocycles. The van der Waals surface area contributed by atoms with Crippen LogP contribution in [-0.4, -0.2) is 29.9 Å². The average Bonchev–Trinajstić information content (AvgIpc) is 2.82. The average molecular weight is 438 g/mol. The number of rotatable bonds is 6. The van der Waals surface area contributed by atoms with Gasteiger partial charge in [0.05, 0.1) is 19.1 Å². The number of aliphatic hydroxyl groups excluding tert-OH is 1. The van der Waals surface area contributed by atoms with E-state index in [1.165, 1.54) is 20.1 Å². The van der Waals surface area contributed by atoms with Crippen LogP contribution in [0, 0.1) is 11.7 Å². The Bertz CT molecular complexity index is 1130. The number of aliphatic carboxylic acids is 1. The van der Waals surface area contributed by atoms with Gasteiger partial charge in [0, 0.05) is 5.56 Å². The Kier molecular flexibility index (Phi) is 6.01. The SMILES string of the molecule is COc1ccc(F)c(-c2ccc(C3COc4ccc([C@H](O)[C@H](C)C(=O)O)cc4O3)cc2)c1. The molecule has 0 amide bonds. The van der Waals surface area contributed by atoms with Crippen LogP contribution in [0.3, 0.4) is 0 Å². The first-order valence-electron chi connectivity index (χ1n) is 10.2. The summed E-state index contributed by atoms with van der Waals surface area (Å²) in [6, 6.07) is 16.8. The Morgan fingerprint density at radius 3 is 2.53 bits per heavy atom. The number of carboxylic acid groups (broad SMARTS) is 1. The lowest BCUT2D eigenvalue weighted by Gasteiger charge is -2.28. The fourth-order valence-electron chi connectivity index (χ4n) is 3.59. The first-order valence-corrected chi connectivity index (χ1v) is 10.2. The van der Waals surface area contributed by atoms with Crippen molar-refractivity contribution in [1.82, 2.24) is 0 Å². The smallest absolute Gasteiger partial charge is 0.309 e. The maximum atomic E-state index is 14.3. The van der Waals surface area contributed by atoms with Crippen molar-refractivity contribution < 1.29 is 33.6 Å². The monoisotopic (exact) mass is 438 g/mol. The zero-order chi connectivity index (χ0) is 22.8. The van der Waals surface area contributed by atoms with E-state index in [4.69, 9.17) is 19.3 Å². The first kappa shape index (κ1) is 21.6. The molecule has 0 bridgehead atoms. The number of fused-ring (bicyclic) bond motifs is 1. The molecule has 1 aliphatic rings. The van der Waals surface area contributed by atoms with Crippen LogP contribution >= 0.6 is 0 Å². The highest BCUT2D eigenvalue weighted by Gasteiger charge is 2.27. The van der Waals surface area contributed by atoms with Crippen LogP contribution in [0.1, 0.15) is 30.3 Å². The highest BCUT2D eigenvalue weighted by atomic mass is 19.1. The summed E-state index contributed by atoms with van der Waals surface area (Å²) in [5.41, 5.74) is 2.42. The molecule has 0 saturated heterocycles. The summed E-state index contributed by atoms with van der Waals surface area (Å²) < 4.78 is 31.3. The van der Waals surface area contributed by atoms with Gasteiger partial charge in [0.1, 0.15) is 18.2 Å². The van der Waals surface area contributed by atoms with Gasteiger partial charge in [0.2, 0.25) is 0 Å². The van der Waals surface area contributed by atoms with Crippen LogP contribution < -0.4 is 14.2 Å². The molecule has 0 saturated carbocycles. The first-order chi connectivity index (χ1) is 15.4. The molecule has 0 aliphatic carbocycles. The van der Waals surface area contributed by atoms with Gasteiger partial charge >= 0.3 is 5.97 Å².